The topological polar surface area (TPSA) is 38.3 Å². The molecule has 1 amide bonds. The van der Waals surface area contributed by atoms with E-state index in [2.05, 4.69) is 17.9 Å². The molecule has 0 aromatic carbocycles. The minimum absolute atomic E-state index is 0.0638. The van der Waals surface area contributed by atoms with Crippen molar-refractivity contribution >= 4 is 18.5 Å². The van der Waals surface area contributed by atoms with Crippen molar-refractivity contribution in [3.05, 3.63) is 0 Å². The van der Waals surface area contributed by atoms with Crippen LogP contribution in [0.4, 0.5) is 0 Å². The zero-order chi connectivity index (χ0) is 11.5. The Kier molecular flexibility index (Phi) is 4.46. The summed E-state index contributed by atoms with van der Waals surface area (Å²) in [7, 11) is 0. The number of carbonyl (C=O) groups is 1. The molecule has 0 aromatic rings. The minimum Gasteiger partial charge on any atom is -0.362 e. The molecule has 4 heteroatoms. The Morgan fingerprint density at radius 3 is 2.27 bits per heavy atom. The highest BCUT2D eigenvalue weighted by Gasteiger charge is 2.25. The van der Waals surface area contributed by atoms with Crippen LogP contribution in [0, 0.1) is 0 Å². The quantitative estimate of drug-likeness (QED) is 0.577. The van der Waals surface area contributed by atoms with Gasteiger partial charge in [0, 0.05) is 13.0 Å². The maximum absolute atomic E-state index is 10.9. The van der Waals surface area contributed by atoms with Gasteiger partial charge in [-0.15, -0.1) is 12.6 Å². The Balaban J connectivity index is 2.27. The fourth-order valence-electron chi connectivity index (χ4n) is 2.02. The monoisotopic (exact) mass is 231 g/mol. The minimum atomic E-state index is -0.356. The van der Waals surface area contributed by atoms with Crippen molar-refractivity contribution in [1.82, 2.24) is 5.32 Å². The molecule has 15 heavy (non-hydrogen) atoms. The third-order valence-electron chi connectivity index (χ3n) is 2.54. The second kappa shape index (κ2) is 5.21. The molecule has 0 atom stereocenters. The van der Waals surface area contributed by atoms with Gasteiger partial charge in [-0.1, -0.05) is 0 Å². The summed E-state index contributed by atoms with van der Waals surface area (Å²) in [6.45, 7) is 5.48. The van der Waals surface area contributed by atoms with Gasteiger partial charge in [0.05, 0.1) is 6.10 Å². The van der Waals surface area contributed by atoms with Gasteiger partial charge in [0.2, 0.25) is 5.91 Å². The summed E-state index contributed by atoms with van der Waals surface area (Å²) < 4.78 is 5.78. The van der Waals surface area contributed by atoms with Gasteiger partial charge in [0.25, 0.3) is 0 Å². The van der Waals surface area contributed by atoms with Gasteiger partial charge in [0.1, 0.15) is 4.93 Å². The fourth-order valence-corrected chi connectivity index (χ4v) is 2.17. The highest BCUT2D eigenvalue weighted by Crippen LogP contribution is 2.26. The van der Waals surface area contributed by atoms with Gasteiger partial charge in [-0.25, -0.2) is 0 Å². The first kappa shape index (κ1) is 12.8. The number of amides is 1. The summed E-state index contributed by atoms with van der Waals surface area (Å²) in [5.74, 6) is 0.0638. The number of rotatable bonds is 3. The molecule has 1 aliphatic carbocycles. The van der Waals surface area contributed by atoms with Crippen molar-refractivity contribution in [1.29, 1.82) is 0 Å². The van der Waals surface area contributed by atoms with Gasteiger partial charge in [0.15, 0.2) is 0 Å². The molecule has 1 N–H and O–H groups in total. The molecule has 0 unspecified atom stereocenters. The molecule has 1 aliphatic rings. The molecular formula is C11H21NO2S. The number of hydrogen-bond acceptors (Lipinski definition) is 3. The van der Waals surface area contributed by atoms with Crippen molar-refractivity contribution < 1.29 is 9.53 Å². The SMILES string of the molecule is CC(=O)N[C@H]1CC[C@@H](OC(C)(C)S)CC1. The second-order valence-electron chi connectivity index (χ2n) is 4.74. The zero-order valence-electron chi connectivity index (χ0n) is 9.75. The van der Waals surface area contributed by atoms with E-state index in [9.17, 15) is 4.79 Å². The fraction of sp³-hybridized carbons (Fsp3) is 0.909. The molecule has 0 heterocycles. The van der Waals surface area contributed by atoms with Crippen molar-refractivity contribution in [2.45, 2.75) is 63.5 Å². The average Bonchev–Trinajstić information content (AvgIpc) is 2.05. The van der Waals surface area contributed by atoms with Crippen LogP contribution in [0.15, 0.2) is 0 Å². The van der Waals surface area contributed by atoms with Gasteiger partial charge < -0.3 is 10.1 Å². The van der Waals surface area contributed by atoms with E-state index in [-0.39, 0.29) is 10.8 Å². The molecule has 0 spiro atoms. The van der Waals surface area contributed by atoms with Crippen LogP contribution in [-0.2, 0) is 9.53 Å². The van der Waals surface area contributed by atoms with Crippen LogP contribution in [-0.4, -0.2) is 23.0 Å². The third-order valence-corrected chi connectivity index (χ3v) is 2.64. The Morgan fingerprint density at radius 1 is 1.33 bits per heavy atom. The molecule has 0 saturated heterocycles. The smallest absolute Gasteiger partial charge is 0.217 e. The lowest BCUT2D eigenvalue weighted by molar-refractivity contribution is -0.120. The van der Waals surface area contributed by atoms with E-state index < -0.39 is 0 Å². The van der Waals surface area contributed by atoms with Gasteiger partial charge in [-0.2, -0.15) is 0 Å². The van der Waals surface area contributed by atoms with E-state index in [0.29, 0.717) is 12.1 Å². The lowest BCUT2D eigenvalue weighted by Crippen LogP contribution is -2.39. The standard InChI is InChI=1S/C11H21NO2S/c1-8(13)12-9-4-6-10(7-5-9)14-11(2,3)15/h9-10,15H,4-7H2,1-3H3,(H,12,13)/t9-,10+. The molecule has 88 valence electrons. The largest absolute Gasteiger partial charge is 0.362 e. The number of ether oxygens (including phenoxy) is 1. The molecule has 0 radical (unpaired) electrons. The van der Waals surface area contributed by atoms with Crippen LogP contribution in [0.3, 0.4) is 0 Å². The number of nitrogens with one attached hydrogen (secondary N) is 1. The second-order valence-corrected chi connectivity index (χ2v) is 5.82. The molecule has 1 rings (SSSR count). The highest BCUT2D eigenvalue weighted by molar-refractivity contribution is 7.81. The number of thiol groups is 1. The summed E-state index contributed by atoms with van der Waals surface area (Å²) >= 11 is 4.35. The van der Waals surface area contributed by atoms with E-state index in [1.807, 2.05) is 13.8 Å². The summed E-state index contributed by atoms with van der Waals surface area (Å²) in [6.07, 6.45) is 4.33. The molecule has 1 fully saturated rings. The Labute approximate surface area is 97.4 Å². The first-order valence-electron chi connectivity index (χ1n) is 5.54. The van der Waals surface area contributed by atoms with Crippen LogP contribution in [0.25, 0.3) is 0 Å². The van der Waals surface area contributed by atoms with Gasteiger partial charge in [-0.05, 0) is 39.5 Å². The highest BCUT2D eigenvalue weighted by atomic mass is 32.1. The van der Waals surface area contributed by atoms with Crippen molar-refractivity contribution in [3.63, 3.8) is 0 Å². The zero-order valence-corrected chi connectivity index (χ0v) is 10.6. The Hall–Kier alpha value is -0.220. The first-order chi connectivity index (χ1) is 6.87. The van der Waals surface area contributed by atoms with Crippen LogP contribution < -0.4 is 5.32 Å². The van der Waals surface area contributed by atoms with Crippen LogP contribution in [0.2, 0.25) is 0 Å². The number of hydrogen-bond donors (Lipinski definition) is 2. The van der Waals surface area contributed by atoms with E-state index in [0.717, 1.165) is 25.7 Å². The molecular weight excluding hydrogens is 210 g/mol. The molecule has 0 aromatic heterocycles. The molecule has 1 saturated carbocycles. The Morgan fingerprint density at radius 2 is 1.87 bits per heavy atom. The summed E-state index contributed by atoms with van der Waals surface area (Å²) in [6, 6.07) is 0.338. The van der Waals surface area contributed by atoms with Crippen molar-refractivity contribution in [3.8, 4) is 0 Å². The van der Waals surface area contributed by atoms with Gasteiger partial charge >= 0.3 is 0 Å². The predicted molar refractivity (Wildman–Crippen MR) is 64.0 cm³/mol. The molecule has 0 aliphatic heterocycles. The van der Waals surface area contributed by atoms with Crippen molar-refractivity contribution in [2.24, 2.45) is 0 Å². The third kappa shape index (κ3) is 5.42. The summed E-state index contributed by atoms with van der Waals surface area (Å²) in [5.41, 5.74) is 0. The summed E-state index contributed by atoms with van der Waals surface area (Å²) in [4.78, 5) is 10.5. The normalized spacial score (nSPS) is 27.5. The Bertz CT molecular complexity index is 217. The average molecular weight is 231 g/mol. The predicted octanol–water partition coefficient (Wildman–Crippen LogP) is 2.12. The molecule has 0 bridgehead atoms. The lowest BCUT2D eigenvalue weighted by atomic mass is 9.93. The van der Waals surface area contributed by atoms with Gasteiger partial charge in [-0.3, -0.25) is 4.79 Å². The van der Waals surface area contributed by atoms with E-state index in [1.165, 1.54) is 0 Å². The van der Waals surface area contributed by atoms with E-state index in [1.54, 1.807) is 6.92 Å². The van der Waals surface area contributed by atoms with Crippen LogP contribution >= 0.6 is 12.6 Å². The van der Waals surface area contributed by atoms with Crippen LogP contribution in [0.5, 0.6) is 0 Å². The molecule has 3 nitrogen and oxygen atoms in total. The lowest BCUT2D eigenvalue weighted by Gasteiger charge is -2.33. The maximum Gasteiger partial charge on any atom is 0.217 e. The van der Waals surface area contributed by atoms with E-state index in [4.69, 9.17) is 4.74 Å². The van der Waals surface area contributed by atoms with Crippen molar-refractivity contribution in [2.75, 3.05) is 0 Å². The first-order valence-corrected chi connectivity index (χ1v) is 5.99. The number of carbonyl (C=O) groups excluding carboxylic acids is 1. The van der Waals surface area contributed by atoms with E-state index >= 15 is 0 Å². The van der Waals surface area contributed by atoms with Crippen LogP contribution in [0.1, 0.15) is 46.5 Å². The summed E-state index contributed by atoms with van der Waals surface area (Å²) in [5, 5.41) is 2.95. The maximum atomic E-state index is 10.9.